The number of carbonyl (C=O) groups excluding carboxylic acids is 2. The summed E-state index contributed by atoms with van der Waals surface area (Å²) < 4.78 is 10.00. The van der Waals surface area contributed by atoms with Gasteiger partial charge in [-0.15, -0.1) is 0 Å². The number of cyclic esters (lactones) is 2. The molecular weight excluding hydrogens is 324 g/mol. The number of hydrogen-bond acceptors (Lipinski definition) is 6. The van der Waals surface area contributed by atoms with Gasteiger partial charge in [0, 0.05) is 37.7 Å². The Labute approximate surface area is 139 Å². The van der Waals surface area contributed by atoms with Crippen LogP contribution in [0.15, 0.2) is 0 Å². The number of amides is 2. The zero-order valence-corrected chi connectivity index (χ0v) is 14.5. The lowest BCUT2D eigenvalue weighted by Crippen LogP contribution is -2.38. The standard InChI is InChI=1S/C14H24N2O4S2/c17-13-15(5-1-9-19-13)7-3-11-21-22-12-4-8-16-6-2-10-20-14(16)18/h1-12H2. The van der Waals surface area contributed by atoms with Crippen molar-refractivity contribution in [3.63, 3.8) is 0 Å². The molecule has 0 aliphatic carbocycles. The van der Waals surface area contributed by atoms with E-state index in [1.54, 1.807) is 9.80 Å². The third kappa shape index (κ3) is 6.16. The van der Waals surface area contributed by atoms with E-state index in [9.17, 15) is 9.59 Å². The van der Waals surface area contributed by atoms with Gasteiger partial charge in [0.05, 0.1) is 13.2 Å². The molecule has 0 aromatic rings. The molecule has 2 heterocycles. The van der Waals surface area contributed by atoms with Crippen LogP contribution in [0.4, 0.5) is 9.59 Å². The Bertz CT molecular complexity index is 337. The van der Waals surface area contributed by atoms with Crippen molar-refractivity contribution in [3.05, 3.63) is 0 Å². The smallest absolute Gasteiger partial charge is 0.409 e. The van der Waals surface area contributed by atoms with Gasteiger partial charge in [-0.1, -0.05) is 21.6 Å². The van der Waals surface area contributed by atoms with Gasteiger partial charge in [-0.2, -0.15) is 0 Å². The third-order valence-electron chi connectivity index (χ3n) is 3.51. The van der Waals surface area contributed by atoms with Crippen LogP contribution in [0.5, 0.6) is 0 Å². The second kappa shape index (κ2) is 10.1. The highest BCUT2D eigenvalue weighted by Gasteiger charge is 2.19. The Hall–Kier alpha value is -0.760. The quantitative estimate of drug-likeness (QED) is 0.472. The Morgan fingerprint density at radius 1 is 0.818 bits per heavy atom. The number of hydrogen-bond donors (Lipinski definition) is 0. The zero-order chi connectivity index (χ0) is 15.6. The fourth-order valence-corrected chi connectivity index (χ4v) is 4.49. The van der Waals surface area contributed by atoms with Gasteiger partial charge in [0.25, 0.3) is 0 Å². The molecule has 0 aromatic carbocycles. The molecule has 2 amide bonds. The second-order valence-corrected chi connectivity index (χ2v) is 7.96. The van der Waals surface area contributed by atoms with E-state index in [1.807, 2.05) is 21.6 Å². The maximum Gasteiger partial charge on any atom is 0.409 e. The van der Waals surface area contributed by atoms with Crippen molar-refractivity contribution in [2.75, 3.05) is 50.9 Å². The van der Waals surface area contributed by atoms with Gasteiger partial charge >= 0.3 is 12.2 Å². The minimum absolute atomic E-state index is 0.169. The van der Waals surface area contributed by atoms with E-state index < -0.39 is 0 Å². The van der Waals surface area contributed by atoms with Gasteiger partial charge < -0.3 is 19.3 Å². The lowest BCUT2D eigenvalue weighted by molar-refractivity contribution is 0.0725. The summed E-state index contributed by atoms with van der Waals surface area (Å²) in [5, 5.41) is 0. The Balaban J connectivity index is 1.41. The van der Waals surface area contributed by atoms with Crippen molar-refractivity contribution in [2.24, 2.45) is 0 Å². The molecule has 0 radical (unpaired) electrons. The van der Waals surface area contributed by atoms with Crippen molar-refractivity contribution >= 4 is 33.8 Å². The second-order valence-electron chi connectivity index (χ2n) is 5.26. The van der Waals surface area contributed by atoms with Crippen LogP contribution in [0, 0.1) is 0 Å². The van der Waals surface area contributed by atoms with E-state index in [2.05, 4.69) is 0 Å². The monoisotopic (exact) mass is 348 g/mol. The highest BCUT2D eigenvalue weighted by Crippen LogP contribution is 2.23. The summed E-state index contributed by atoms with van der Waals surface area (Å²) in [6.07, 6.45) is 3.52. The maximum absolute atomic E-state index is 11.4. The lowest BCUT2D eigenvalue weighted by atomic mass is 10.3. The van der Waals surface area contributed by atoms with Gasteiger partial charge in [-0.25, -0.2) is 9.59 Å². The van der Waals surface area contributed by atoms with Crippen LogP contribution < -0.4 is 0 Å². The molecule has 2 saturated heterocycles. The van der Waals surface area contributed by atoms with Crippen molar-refractivity contribution in [1.29, 1.82) is 0 Å². The molecule has 22 heavy (non-hydrogen) atoms. The lowest BCUT2D eigenvalue weighted by Gasteiger charge is -2.26. The van der Waals surface area contributed by atoms with Crippen molar-refractivity contribution in [1.82, 2.24) is 9.80 Å². The molecule has 126 valence electrons. The van der Waals surface area contributed by atoms with Crippen LogP contribution in [0.25, 0.3) is 0 Å². The molecule has 2 rings (SSSR count). The van der Waals surface area contributed by atoms with Crippen LogP contribution in [0.2, 0.25) is 0 Å². The third-order valence-corrected chi connectivity index (χ3v) is 6.08. The highest BCUT2D eigenvalue weighted by molar-refractivity contribution is 8.76. The minimum atomic E-state index is -0.169. The van der Waals surface area contributed by atoms with Gasteiger partial charge in [0.1, 0.15) is 0 Å². The molecule has 0 bridgehead atoms. The molecule has 0 spiro atoms. The Morgan fingerprint density at radius 2 is 1.27 bits per heavy atom. The van der Waals surface area contributed by atoms with Gasteiger partial charge in [0.15, 0.2) is 0 Å². The maximum atomic E-state index is 11.4. The van der Waals surface area contributed by atoms with E-state index in [0.717, 1.165) is 63.4 Å². The van der Waals surface area contributed by atoms with E-state index >= 15 is 0 Å². The molecule has 0 atom stereocenters. The molecule has 0 unspecified atom stereocenters. The van der Waals surface area contributed by atoms with Gasteiger partial charge in [0.2, 0.25) is 0 Å². The summed E-state index contributed by atoms with van der Waals surface area (Å²) in [6, 6.07) is 0. The predicted octanol–water partition coefficient (Wildman–Crippen LogP) is 2.83. The molecule has 0 aromatic heterocycles. The summed E-state index contributed by atoms with van der Waals surface area (Å²) in [4.78, 5) is 26.4. The minimum Gasteiger partial charge on any atom is -0.449 e. The molecular formula is C14H24N2O4S2. The van der Waals surface area contributed by atoms with E-state index in [4.69, 9.17) is 9.47 Å². The summed E-state index contributed by atoms with van der Waals surface area (Å²) in [5.41, 5.74) is 0. The molecule has 2 aliphatic heterocycles. The van der Waals surface area contributed by atoms with Crippen LogP contribution >= 0.6 is 21.6 Å². The fourth-order valence-electron chi connectivity index (χ4n) is 2.35. The van der Waals surface area contributed by atoms with Gasteiger partial charge in [-0.05, 0) is 25.7 Å². The normalized spacial score (nSPS) is 19.1. The summed E-state index contributed by atoms with van der Waals surface area (Å²) in [5.74, 6) is 2.06. The molecule has 0 saturated carbocycles. The Kier molecular flexibility index (Phi) is 8.07. The first-order valence-corrected chi connectivity index (χ1v) is 10.3. The highest BCUT2D eigenvalue weighted by atomic mass is 33.1. The molecule has 2 fully saturated rings. The topological polar surface area (TPSA) is 59.1 Å². The van der Waals surface area contributed by atoms with Crippen LogP contribution in [-0.2, 0) is 9.47 Å². The zero-order valence-electron chi connectivity index (χ0n) is 12.8. The van der Waals surface area contributed by atoms with Crippen LogP contribution in [-0.4, -0.2) is 72.9 Å². The summed E-state index contributed by atoms with van der Waals surface area (Å²) in [6.45, 7) is 4.33. The largest absolute Gasteiger partial charge is 0.449 e. The first-order valence-electron chi connectivity index (χ1n) is 7.85. The number of carbonyl (C=O) groups is 2. The van der Waals surface area contributed by atoms with Crippen molar-refractivity contribution in [2.45, 2.75) is 25.7 Å². The number of nitrogens with zero attached hydrogens (tertiary/aromatic N) is 2. The first-order chi connectivity index (χ1) is 10.8. The molecule has 2 aliphatic rings. The predicted molar refractivity (Wildman–Crippen MR) is 89.2 cm³/mol. The van der Waals surface area contributed by atoms with Crippen molar-refractivity contribution in [3.8, 4) is 0 Å². The Morgan fingerprint density at radius 3 is 1.68 bits per heavy atom. The molecule has 0 N–H and O–H groups in total. The number of ether oxygens (including phenoxy) is 2. The van der Waals surface area contributed by atoms with E-state index in [1.165, 1.54) is 0 Å². The molecule has 8 heteroatoms. The van der Waals surface area contributed by atoms with E-state index in [0.29, 0.717) is 13.2 Å². The molecule has 6 nitrogen and oxygen atoms in total. The average molecular weight is 348 g/mol. The SMILES string of the molecule is O=C1OCCCN1CCCSSCCCN1CCCOC1=O. The number of rotatable bonds is 9. The van der Waals surface area contributed by atoms with E-state index in [-0.39, 0.29) is 12.2 Å². The average Bonchev–Trinajstić information content (AvgIpc) is 2.53. The van der Waals surface area contributed by atoms with Gasteiger partial charge in [-0.3, -0.25) is 0 Å². The van der Waals surface area contributed by atoms with Crippen LogP contribution in [0.3, 0.4) is 0 Å². The van der Waals surface area contributed by atoms with Crippen LogP contribution in [0.1, 0.15) is 25.7 Å². The van der Waals surface area contributed by atoms with Crippen molar-refractivity contribution < 1.29 is 19.1 Å². The fraction of sp³-hybridized carbons (Fsp3) is 0.857. The summed E-state index contributed by atoms with van der Waals surface area (Å²) >= 11 is 0. The first kappa shape index (κ1) is 17.6. The summed E-state index contributed by atoms with van der Waals surface area (Å²) in [7, 11) is 3.67.